The summed E-state index contributed by atoms with van der Waals surface area (Å²) in [5.41, 5.74) is 3.73. The van der Waals surface area contributed by atoms with Gasteiger partial charge in [-0.2, -0.15) is 5.10 Å². The van der Waals surface area contributed by atoms with Crippen LogP contribution in [-0.2, 0) is 26.6 Å². The number of benzene rings is 1. The molecule has 6 nitrogen and oxygen atoms in total. The second-order valence-electron chi connectivity index (χ2n) is 6.44. The highest BCUT2D eigenvalue weighted by Gasteiger charge is 2.19. The third kappa shape index (κ3) is 3.38. The summed E-state index contributed by atoms with van der Waals surface area (Å²) in [5, 5.41) is 4.34. The van der Waals surface area contributed by atoms with Gasteiger partial charge in [0.15, 0.2) is 0 Å². The van der Waals surface area contributed by atoms with Crippen LogP contribution in [-0.4, -0.2) is 46.1 Å². The van der Waals surface area contributed by atoms with Gasteiger partial charge in [0.2, 0.25) is 0 Å². The van der Waals surface area contributed by atoms with E-state index < -0.39 is 0 Å². The summed E-state index contributed by atoms with van der Waals surface area (Å²) >= 11 is 0. The number of hydrogen-bond acceptors (Lipinski definition) is 4. The van der Waals surface area contributed by atoms with E-state index in [0.29, 0.717) is 12.1 Å². The molecule has 1 aromatic heterocycles. The average Bonchev–Trinajstić information content (AvgIpc) is 2.55. The van der Waals surface area contributed by atoms with Gasteiger partial charge in [-0.25, -0.2) is 4.68 Å². The molecular formula is C18H22N4O2. The van der Waals surface area contributed by atoms with Crippen LogP contribution in [0, 0.1) is 0 Å². The average molecular weight is 326 g/mol. The van der Waals surface area contributed by atoms with E-state index in [4.69, 9.17) is 0 Å². The molecule has 1 aliphatic heterocycles. The van der Waals surface area contributed by atoms with Crippen LogP contribution in [0.1, 0.15) is 27.2 Å². The second-order valence-corrected chi connectivity index (χ2v) is 6.44. The molecule has 0 aliphatic carbocycles. The summed E-state index contributed by atoms with van der Waals surface area (Å²) < 4.78 is 1.39. The van der Waals surface area contributed by atoms with Crippen molar-refractivity contribution in [3.8, 4) is 0 Å². The van der Waals surface area contributed by atoms with E-state index in [-0.39, 0.29) is 11.5 Å². The van der Waals surface area contributed by atoms with E-state index in [2.05, 4.69) is 10.00 Å². The van der Waals surface area contributed by atoms with Gasteiger partial charge in [-0.15, -0.1) is 0 Å². The standard InChI is InChI=1S/C18H22N4O2/c1-20(2)18(24)14-6-4-5-13(9-14)11-22-8-7-16-15(12-22)10-17(23)21(3)19-16/h4-6,9-10H,7-8,11-12H2,1-3H3. The SMILES string of the molecule is CN(C)C(=O)c1cccc(CN2CCc3nn(C)c(=O)cc3C2)c1. The van der Waals surface area contributed by atoms with E-state index >= 15 is 0 Å². The van der Waals surface area contributed by atoms with Gasteiger partial charge < -0.3 is 4.90 Å². The Morgan fingerprint density at radius 3 is 2.83 bits per heavy atom. The third-order valence-corrected chi connectivity index (χ3v) is 4.30. The molecule has 126 valence electrons. The zero-order valence-corrected chi connectivity index (χ0v) is 14.3. The second kappa shape index (κ2) is 6.57. The highest BCUT2D eigenvalue weighted by molar-refractivity contribution is 5.94. The molecule has 0 unspecified atom stereocenters. The minimum Gasteiger partial charge on any atom is -0.345 e. The molecule has 2 aromatic rings. The molecule has 0 N–H and O–H groups in total. The van der Waals surface area contributed by atoms with Crippen molar-refractivity contribution in [1.29, 1.82) is 0 Å². The van der Waals surface area contributed by atoms with Crippen molar-refractivity contribution in [3.63, 3.8) is 0 Å². The fraction of sp³-hybridized carbons (Fsp3) is 0.389. The predicted molar refractivity (Wildman–Crippen MR) is 91.8 cm³/mol. The van der Waals surface area contributed by atoms with Gasteiger partial charge in [0.05, 0.1) is 5.69 Å². The first kappa shape index (κ1) is 16.4. The van der Waals surface area contributed by atoms with Crippen LogP contribution in [0.5, 0.6) is 0 Å². The van der Waals surface area contributed by atoms with E-state index in [0.717, 1.165) is 36.3 Å². The quantitative estimate of drug-likeness (QED) is 0.846. The van der Waals surface area contributed by atoms with Crippen molar-refractivity contribution in [2.24, 2.45) is 7.05 Å². The molecule has 1 aliphatic rings. The van der Waals surface area contributed by atoms with Crippen molar-refractivity contribution in [3.05, 3.63) is 63.1 Å². The van der Waals surface area contributed by atoms with Gasteiger partial charge in [0, 0.05) is 58.8 Å². The summed E-state index contributed by atoms with van der Waals surface area (Å²) in [4.78, 5) is 27.7. The van der Waals surface area contributed by atoms with Gasteiger partial charge in [-0.3, -0.25) is 14.5 Å². The maximum absolute atomic E-state index is 12.1. The number of nitrogens with zero attached hydrogens (tertiary/aromatic N) is 4. The van der Waals surface area contributed by atoms with Crippen molar-refractivity contribution in [2.45, 2.75) is 19.5 Å². The maximum atomic E-state index is 12.1. The molecule has 0 spiro atoms. The van der Waals surface area contributed by atoms with Crippen LogP contribution in [0.3, 0.4) is 0 Å². The summed E-state index contributed by atoms with van der Waals surface area (Å²) in [6.45, 7) is 2.36. The highest BCUT2D eigenvalue weighted by atomic mass is 16.2. The molecule has 0 saturated heterocycles. The molecule has 0 radical (unpaired) electrons. The molecule has 0 atom stereocenters. The fourth-order valence-corrected chi connectivity index (χ4v) is 3.01. The molecule has 1 aromatic carbocycles. The number of rotatable bonds is 3. The van der Waals surface area contributed by atoms with Gasteiger partial charge in [0.1, 0.15) is 0 Å². The zero-order chi connectivity index (χ0) is 17.3. The zero-order valence-electron chi connectivity index (χ0n) is 14.3. The number of amides is 1. The highest BCUT2D eigenvalue weighted by Crippen LogP contribution is 2.18. The number of carbonyl (C=O) groups excluding carboxylic acids is 1. The lowest BCUT2D eigenvalue weighted by molar-refractivity contribution is 0.0827. The predicted octanol–water partition coefficient (Wildman–Crippen LogP) is 1.04. The van der Waals surface area contributed by atoms with Crippen molar-refractivity contribution in [1.82, 2.24) is 19.6 Å². The lowest BCUT2D eigenvalue weighted by Gasteiger charge is -2.28. The Hall–Kier alpha value is -2.47. The molecular weight excluding hydrogens is 304 g/mol. The Bertz CT molecular complexity index is 826. The molecule has 1 amide bonds. The molecule has 2 heterocycles. The minimum absolute atomic E-state index is 0.00790. The number of fused-ring (bicyclic) bond motifs is 1. The lowest BCUT2D eigenvalue weighted by Crippen LogP contribution is -2.34. The summed E-state index contributed by atoms with van der Waals surface area (Å²) in [5.74, 6) is 0.00790. The number of carbonyl (C=O) groups is 1. The Balaban J connectivity index is 1.76. The van der Waals surface area contributed by atoms with E-state index in [9.17, 15) is 9.59 Å². The van der Waals surface area contributed by atoms with Crippen molar-refractivity contribution in [2.75, 3.05) is 20.6 Å². The first-order valence-corrected chi connectivity index (χ1v) is 8.03. The molecule has 0 bridgehead atoms. The molecule has 0 saturated carbocycles. The summed E-state index contributed by atoms with van der Waals surface area (Å²) in [7, 11) is 5.19. The van der Waals surface area contributed by atoms with E-state index in [1.54, 1.807) is 32.1 Å². The normalized spacial score (nSPS) is 14.3. The van der Waals surface area contributed by atoms with Crippen LogP contribution in [0.25, 0.3) is 0 Å². The third-order valence-electron chi connectivity index (χ3n) is 4.30. The van der Waals surface area contributed by atoms with Crippen LogP contribution in [0.2, 0.25) is 0 Å². The van der Waals surface area contributed by atoms with Gasteiger partial charge >= 0.3 is 0 Å². The number of aromatic nitrogens is 2. The number of hydrogen-bond donors (Lipinski definition) is 0. The van der Waals surface area contributed by atoms with Crippen LogP contribution in [0.15, 0.2) is 35.1 Å². The van der Waals surface area contributed by atoms with Crippen molar-refractivity contribution >= 4 is 5.91 Å². The van der Waals surface area contributed by atoms with Crippen LogP contribution >= 0.6 is 0 Å². The minimum atomic E-state index is -0.0748. The topological polar surface area (TPSA) is 58.4 Å². The Morgan fingerprint density at radius 2 is 2.08 bits per heavy atom. The first-order chi connectivity index (χ1) is 11.4. The number of aryl methyl sites for hydroxylation is 1. The smallest absolute Gasteiger partial charge is 0.266 e. The first-order valence-electron chi connectivity index (χ1n) is 8.03. The van der Waals surface area contributed by atoms with Gasteiger partial charge in [-0.1, -0.05) is 12.1 Å². The molecule has 6 heteroatoms. The fourth-order valence-electron chi connectivity index (χ4n) is 3.01. The molecule has 0 fully saturated rings. The Labute approximate surface area is 141 Å². The molecule has 3 rings (SSSR count). The van der Waals surface area contributed by atoms with E-state index in [1.807, 2.05) is 24.3 Å². The van der Waals surface area contributed by atoms with E-state index in [1.165, 1.54) is 4.68 Å². The van der Waals surface area contributed by atoms with Crippen LogP contribution < -0.4 is 5.56 Å². The Kier molecular flexibility index (Phi) is 4.49. The lowest BCUT2D eigenvalue weighted by atomic mass is 10.0. The molecule has 24 heavy (non-hydrogen) atoms. The van der Waals surface area contributed by atoms with Gasteiger partial charge in [0.25, 0.3) is 11.5 Å². The monoisotopic (exact) mass is 326 g/mol. The summed E-state index contributed by atoms with van der Waals surface area (Å²) in [6, 6.07) is 9.41. The largest absolute Gasteiger partial charge is 0.345 e. The summed E-state index contributed by atoms with van der Waals surface area (Å²) in [6.07, 6.45) is 0.833. The maximum Gasteiger partial charge on any atom is 0.266 e. The van der Waals surface area contributed by atoms with Crippen LogP contribution in [0.4, 0.5) is 0 Å². The van der Waals surface area contributed by atoms with Gasteiger partial charge in [-0.05, 0) is 23.3 Å². The Morgan fingerprint density at radius 1 is 1.29 bits per heavy atom. The van der Waals surface area contributed by atoms with Crippen molar-refractivity contribution < 1.29 is 4.79 Å².